The van der Waals surface area contributed by atoms with Gasteiger partial charge in [-0.15, -0.1) is 0 Å². The van der Waals surface area contributed by atoms with Crippen LogP contribution in [0, 0.1) is 11.3 Å². The molecule has 29 heavy (non-hydrogen) atoms. The molecule has 6 nitrogen and oxygen atoms in total. The number of rotatable bonds is 5. The molecule has 3 heterocycles. The molecule has 1 unspecified atom stereocenters. The van der Waals surface area contributed by atoms with E-state index in [1.165, 1.54) is 44.9 Å². The van der Waals surface area contributed by atoms with Crippen LogP contribution in [-0.4, -0.2) is 52.5 Å². The highest BCUT2D eigenvalue weighted by Crippen LogP contribution is 2.48. The van der Waals surface area contributed by atoms with Gasteiger partial charge in [0.05, 0.1) is 6.04 Å². The zero-order chi connectivity index (χ0) is 19.8. The second kappa shape index (κ2) is 8.01. The number of carbonyl (C=O) groups excluding carboxylic acids is 1. The van der Waals surface area contributed by atoms with Gasteiger partial charge in [-0.25, -0.2) is 0 Å². The van der Waals surface area contributed by atoms with Crippen LogP contribution in [0.4, 0.5) is 0 Å². The summed E-state index contributed by atoms with van der Waals surface area (Å²) in [5.41, 5.74) is 0.304. The van der Waals surface area contributed by atoms with E-state index < -0.39 is 0 Å². The standard InChI is InChI=1S/C23H36N4O2/c1-26-16-23(15-19(26)21-24-22(29-25-21)18-7-4-8-18)11-13-27(14-12-23)20(28)10-9-17-5-2-3-6-17/h17-19H,2-16H2,1H3. The number of hydrogen-bond donors (Lipinski definition) is 0. The van der Waals surface area contributed by atoms with Crippen molar-refractivity contribution in [1.29, 1.82) is 0 Å². The zero-order valence-electron chi connectivity index (χ0n) is 17.9. The minimum Gasteiger partial charge on any atom is -0.343 e. The Morgan fingerprint density at radius 1 is 1.14 bits per heavy atom. The van der Waals surface area contributed by atoms with Crippen molar-refractivity contribution in [2.75, 3.05) is 26.7 Å². The molecule has 1 aromatic heterocycles. The van der Waals surface area contributed by atoms with Gasteiger partial charge < -0.3 is 9.42 Å². The number of carbonyl (C=O) groups is 1. The molecule has 4 aliphatic rings. The Hall–Kier alpha value is -1.43. The first-order valence-electron chi connectivity index (χ1n) is 11.9. The first kappa shape index (κ1) is 19.5. The topological polar surface area (TPSA) is 62.5 Å². The fraction of sp³-hybridized carbons (Fsp3) is 0.870. The molecule has 160 valence electrons. The number of amides is 1. The fourth-order valence-electron chi connectivity index (χ4n) is 6.14. The number of piperidine rings is 1. The van der Waals surface area contributed by atoms with Gasteiger partial charge in [-0.1, -0.05) is 37.3 Å². The van der Waals surface area contributed by atoms with Crippen molar-refractivity contribution in [2.24, 2.45) is 11.3 Å². The Labute approximate surface area is 174 Å². The summed E-state index contributed by atoms with van der Waals surface area (Å²) in [5, 5.41) is 4.34. The highest BCUT2D eigenvalue weighted by molar-refractivity contribution is 5.76. The lowest BCUT2D eigenvalue weighted by Crippen LogP contribution is -2.44. The predicted molar refractivity (Wildman–Crippen MR) is 110 cm³/mol. The van der Waals surface area contributed by atoms with E-state index in [9.17, 15) is 4.79 Å². The number of nitrogens with zero attached hydrogens (tertiary/aromatic N) is 4. The third kappa shape index (κ3) is 3.97. The molecule has 5 rings (SSSR count). The van der Waals surface area contributed by atoms with Gasteiger partial charge in [0.2, 0.25) is 11.8 Å². The van der Waals surface area contributed by atoms with Gasteiger partial charge in [0.1, 0.15) is 0 Å². The van der Waals surface area contributed by atoms with Gasteiger partial charge in [0, 0.05) is 32.0 Å². The zero-order valence-corrected chi connectivity index (χ0v) is 17.9. The van der Waals surface area contributed by atoms with Gasteiger partial charge >= 0.3 is 0 Å². The van der Waals surface area contributed by atoms with E-state index in [1.807, 2.05) is 0 Å². The van der Waals surface area contributed by atoms with E-state index in [0.29, 0.717) is 17.2 Å². The summed E-state index contributed by atoms with van der Waals surface area (Å²) in [6, 6.07) is 0.261. The molecule has 2 aliphatic heterocycles. The van der Waals surface area contributed by atoms with Crippen molar-refractivity contribution < 1.29 is 9.32 Å². The normalized spacial score (nSPS) is 28.3. The molecule has 1 amide bonds. The molecule has 0 aromatic carbocycles. The lowest BCUT2D eigenvalue weighted by Gasteiger charge is -2.39. The van der Waals surface area contributed by atoms with Crippen LogP contribution in [-0.2, 0) is 4.79 Å². The molecule has 1 aromatic rings. The Balaban J connectivity index is 1.14. The number of likely N-dealkylation sites (tertiary alicyclic amines) is 2. The first-order chi connectivity index (χ1) is 14.1. The molecular weight excluding hydrogens is 364 g/mol. The van der Waals surface area contributed by atoms with E-state index in [0.717, 1.165) is 69.4 Å². The van der Waals surface area contributed by atoms with E-state index in [4.69, 9.17) is 9.51 Å². The summed E-state index contributed by atoms with van der Waals surface area (Å²) in [6.07, 6.45) is 14.2. The van der Waals surface area contributed by atoms with Crippen LogP contribution < -0.4 is 0 Å². The first-order valence-corrected chi connectivity index (χ1v) is 11.9. The quantitative estimate of drug-likeness (QED) is 0.738. The van der Waals surface area contributed by atoms with Gasteiger partial charge in [-0.2, -0.15) is 4.98 Å². The number of hydrogen-bond acceptors (Lipinski definition) is 5. The van der Waals surface area contributed by atoms with Crippen LogP contribution in [0.1, 0.15) is 101 Å². The van der Waals surface area contributed by atoms with Crippen molar-refractivity contribution in [2.45, 2.75) is 89.0 Å². The minimum absolute atomic E-state index is 0.261. The van der Waals surface area contributed by atoms with Gasteiger partial charge in [0.15, 0.2) is 5.82 Å². The molecular formula is C23H36N4O2. The third-order valence-corrected chi connectivity index (χ3v) is 8.37. The SMILES string of the molecule is CN1CC2(CCN(C(=O)CCC3CCCC3)CC2)CC1c1noc(C2CCC2)n1. The second-order valence-electron chi connectivity index (χ2n) is 10.3. The average Bonchev–Trinajstić information content (AvgIpc) is 3.40. The molecule has 2 saturated carbocycles. The molecule has 2 saturated heterocycles. The summed E-state index contributed by atoms with van der Waals surface area (Å²) in [4.78, 5) is 22.0. The molecule has 1 atom stereocenters. The smallest absolute Gasteiger partial charge is 0.229 e. The molecule has 0 radical (unpaired) electrons. The summed E-state index contributed by atoms with van der Waals surface area (Å²) in [6.45, 7) is 2.92. The van der Waals surface area contributed by atoms with E-state index in [2.05, 4.69) is 22.0 Å². The Morgan fingerprint density at radius 2 is 1.90 bits per heavy atom. The monoisotopic (exact) mass is 400 g/mol. The fourth-order valence-corrected chi connectivity index (χ4v) is 6.14. The molecule has 0 bridgehead atoms. The maximum atomic E-state index is 12.7. The molecule has 4 fully saturated rings. The number of aromatic nitrogens is 2. The maximum Gasteiger partial charge on any atom is 0.229 e. The van der Waals surface area contributed by atoms with Crippen LogP contribution in [0.5, 0.6) is 0 Å². The van der Waals surface area contributed by atoms with Crippen molar-refractivity contribution in [3.8, 4) is 0 Å². The van der Waals surface area contributed by atoms with Crippen molar-refractivity contribution in [1.82, 2.24) is 19.9 Å². The highest BCUT2D eigenvalue weighted by atomic mass is 16.5. The van der Waals surface area contributed by atoms with Gasteiger partial charge in [-0.05, 0) is 56.9 Å². The van der Waals surface area contributed by atoms with Crippen LogP contribution >= 0.6 is 0 Å². The van der Waals surface area contributed by atoms with E-state index in [1.54, 1.807) is 0 Å². The lowest BCUT2D eigenvalue weighted by atomic mass is 9.76. The predicted octanol–water partition coefficient (Wildman–Crippen LogP) is 4.29. The van der Waals surface area contributed by atoms with E-state index >= 15 is 0 Å². The summed E-state index contributed by atoms with van der Waals surface area (Å²) < 4.78 is 5.58. The molecule has 0 N–H and O–H groups in total. The highest BCUT2D eigenvalue weighted by Gasteiger charge is 2.46. The Kier molecular flexibility index (Phi) is 5.39. The van der Waals surface area contributed by atoms with Crippen molar-refractivity contribution in [3.63, 3.8) is 0 Å². The van der Waals surface area contributed by atoms with Gasteiger partial charge in [-0.3, -0.25) is 9.69 Å². The molecule has 6 heteroatoms. The minimum atomic E-state index is 0.261. The van der Waals surface area contributed by atoms with Crippen LogP contribution in [0.25, 0.3) is 0 Å². The van der Waals surface area contributed by atoms with E-state index in [-0.39, 0.29) is 6.04 Å². The second-order valence-corrected chi connectivity index (χ2v) is 10.3. The largest absolute Gasteiger partial charge is 0.343 e. The lowest BCUT2D eigenvalue weighted by molar-refractivity contribution is -0.133. The summed E-state index contributed by atoms with van der Waals surface area (Å²) in [7, 11) is 2.19. The Bertz CT molecular complexity index is 714. The van der Waals surface area contributed by atoms with Gasteiger partial charge in [0.25, 0.3) is 0 Å². The third-order valence-electron chi connectivity index (χ3n) is 8.37. The maximum absolute atomic E-state index is 12.7. The average molecular weight is 401 g/mol. The molecule has 1 spiro atoms. The van der Waals surface area contributed by atoms with Crippen molar-refractivity contribution in [3.05, 3.63) is 11.7 Å². The molecule has 2 aliphatic carbocycles. The Morgan fingerprint density at radius 3 is 2.59 bits per heavy atom. The summed E-state index contributed by atoms with van der Waals surface area (Å²) >= 11 is 0. The van der Waals surface area contributed by atoms with Crippen molar-refractivity contribution >= 4 is 5.91 Å². The summed E-state index contributed by atoms with van der Waals surface area (Å²) in [5.74, 6) is 3.41. The van der Waals surface area contributed by atoms with Crippen LogP contribution in [0.15, 0.2) is 4.52 Å². The van der Waals surface area contributed by atoms with Crippen LogP contribution in [0.3, 0.4) is 0 Å². The van der Waals surface area contributed by atoms with Crippen LogP contribution in [0.2, 0.25) is 0 Å².